The molecule has 1 aliphatic heterocycles. The first-order valence-electron chi connectivity index (χ1n) is 9.54. The molecule has 2 aromatic rings. The van der Waals surface area contributed by atoms with Gasteiger partial charge in [-0.2, -0.15) is 0 Å². The maximum Gasteiger partial charge on any atom is 0.322 e. The summed E-state index contributed by atoms with van der Waals surface area (Å²) in [5.41, 5.74) is 0.399. The predicted molar refractivity (Wildman–Crippen MR) is 102 cm³/mol. The van der Waals surface area contributed by atoms with Crippen LogP contribution in [0.2, 0.25) is 0 Å². The highest BCUT2D eigenvalue weighted by Crippen LogP contribution is 2.27. The number of hydrogen-bond acceptors (Lipinski definition) is 3. The second kappa shape index (κ2) is 9.90. The molecular weight excluding hydrogens is 404 g/mol. The van der Waals surface area contributed by atoms with Crippen molar-refractivity contribution in [3.63, 3.8) is 0 Å². The summed E-state index contributed by atoms with van der Waals surface area (Å²) in [6.07, 6.45) is -0.00167. The molecule has 1 unspecified atom stereocenters. The highest BCUT2D eigenvalue weighted by atomic mass is 19.2. The van der Waals surface area contributed by atoms with Crippen molar-refractivity contribution in [3.05, 3.63) is 64.7 Å². The zero-order chi connectivity index (χ0) is 21.7. The standard InChI is InChI=1S/C21H22F4N2O3/c22-16-2-1-13(11-18(16)24)9-14(12-28)10-15-19(4-3-17(23)20(15)25)26-21(29)27-5-7-30-8-6-27/h1-4,11,14,28H,5-10,12H2,(H,26,29). The van der Waals surface area contributed by atoms with E-state index in [4.69, 9.17) is 4.74 Å². The molecule has 1 fully saturated rings. The molecule has 2 N–H and O–H groups in total. The number of nitrogens with one attached hydrogen (secondary N) is 1. The number of hydrogen-bond donors (Lipinski definition) is 2. The molecule has 0 radical (unpaired) electrons. The van der Waals surface area contributed by atoms with Gasteiger partial charge in [-0.05, 0) is 48.6 Å². The molecule has 0 saturated carbocycles. The Balaban J connectivity index is 1.79. The smallest absolute Gasteiger partial charge is 0.322 e. The first-order valence-corrected chi connectivity index (χ1v) is 9.54. The van der Waals surface area contributed by atoms with Crippen molar-refractivity contribution in [1.82, 2.24) is 4.90 Å². The summed E-state index contributed by atoms with van der Waals surface area (Å²) in [5, 5.41) is 12.3. The van der Waals surface area contributed by atoms with Crippen LogP contribution in [0.15, 0.2) is 30.3 Å². The van der Waals surface area contributed by atoms with Crippen molar-refractivity contribution in [3.8, 4) is 0 Å². The van der Waals surface area contributed by atoms with E-state index in [2.05, 4.69) is 5.32 Å². The zero-order valence-corrected chi connectivity index (χ0v) is 16.1. The number of aliphatic hydroxyl groups excluding tert-OH is 1. The SMILES string of the molecule is O=C(Nc1ccc(F)c(F)c1CC(CO)Cc1ccc(F)c(F)c1)N1CCOCC1. The van der Waals surface area contributed by atoms with Gasteiger partial charge in [0.1, 0.15) is 0 Å². The third-order valence-corrected chi connectivity index (χ3v) is 5.00. The number of carbonyl (C=O) groups excluding carboxylic acids is 1. The van der Waals surface area contributed by atoms with Crippen LogP contribution in [0.4, 0.5) is 28.0 Å². The van der Waals surface area contributed by atoms with Crippen molar-refractivity contribution in [2.45, 2.75) is 12.8 Å². The highest BCUT2D eigenvalue weighted by Gasteiger charge is 2.22. The van der Waals surface area contributed by atoms with E-state index in [-0.39, 0.29) is 24.1 Å². The quantitative estimate of drug-likeness (QED) is 0.696. The lowest BCUT2D eigenvalue weighted by atomic mass is 9.92. The zero-order valence-electron chi connectivity index (χ0n) is 16.1. The number of morpholine rings is 1. The molecule has 1 saturated heterocycles. The van der Waals surface area contributed by atoms with Crippen molar-refractivity contribution in [1.29, 1.82) is 0 Å². The van der Waals surface area contributed by atoms with E-state index in [0.717, 1.165) is 18.2 Å². The fraction of sp³-hybridized carbons (Fsp3) is 0.381. The predicted octanol–water partition coefficient (Wildman–Crippen LogP) is 3.50. The summed E-state index contributed by atoms with van der Waals surface area (Å²) >= 11 is 0. The third kappa shape index (κ3) is 5.28. The van der Waals surface area contributed by atoms with E-state index in [1.54, 1.807) is 0 Å². The number of ether oxygens (including phenoxy) is 1. The maximum absolute atomic E-state index is 14.6. The van der Waals surface area contributed by atoms with E-state index in [1.807, 2.05) is 0 Å². The fourth-order valence-electron chi connectivity index (χ4n) is 3.36. The first kappa shape index (κ1) is 22.0. The number of anilines is 1. The molecule has 162 valence electrons. The summed E-state index contributed by atoms with van der Waals surface area (Å²) < 4.78 is 60.2. The third-order valence-electron chi connectivity index (χ3n) is 5.00. The van der Waals surface area contributed by atoms with Crippen molar-refractivity contribution in [2.24, 2.45) is 5.92 Å². The summed E-state index contributed by atoms with van der Waals surface area (Å²) in [4.78, 5) is 13.9. The van der Waals surface area contributed by atoms with Crippen LogP contribution in [0, 0.1) is 29.2 Å². The Morgan fingerprint density at radius 2 is 1.73 bits per heavy atom. The van der Waals surface area contributed by atoms with E-state index in [9.17, 15) is 27.5 Å². The number of rotatable bonds is 6. The number of urea groups is 1. The minimum Gasteiger partial charge on any atom is -0.396 e. The monoisotopic (exact) mass is 426 g/mol. The van der Waals surface area contributed by atoms with E-state index in [1.165, 1.54) is 17.0 Å². The number of amides is 2. The Hall–Kier alpha value is -2.65. The molecular formula is C21H22F4N2O3. The van der Waals surface area contributed by atoms with Gasteiger partial charge in [0, 0.05) is 30.9 Å². The number of aliphatic hydroxyl groups is 1. The topological polar surface area (TPSA) is 61.8 Å². The Morgan fingerprint density at radius 1 is 1.03 bits per heavy atom. The van der Waals surface area contributed by atoms with Crippen LogP contribution in [-0.2, 0) is 17.6 Å². The maximum atomic E-state index is 14.6. The lowest BCUT2D eigenvalue weighted by Gasteiger charge is -2.27. The van der Waals surface area contributed by atoms with Crippen molar-refractivity contribution in [2.75, 3.05) is 38.2 Å². The van der Waals surface area contributed by atoms with E-state index >= 15 is 0 Å². The van der Waals surface area contributed by atoms with E-state index < -0.39 is 41.8 Å². The molecule has 5 nitrogen and oxygen atoms in total. The number of carbonyl (C=O) groups is 1. The fourth-order valence-corrected chi connectivity index (χ4v) is 3.36. The van der Waals surface area contributed by atoms with Crippen LogP contribution in [-0.4, -0.2) is 48.9 Å². The van der Waals surface area contributed by atoms with Crippen LogP contribution in [0.1, 0.15) is 11.1 Å². The van der Waals surface area contributed by atoms with Crippen molar-refractivity contribution < 1.29 is 32.2 Å². The van der Waals surface area contributed by atoms with Gasteiger partial charge >= 0.3 is 6.03 Å². The van der Waals surface area contributed by atoms with Gasteiger partial charge in [0.2, 0.25) is 0 Å². The molecule has 1 heterocycles. The molecule has 2 aromatic carbocycles. The second-order valence-corrected chi connectivity index (χ2v) is 7.12. The van der Waals surface area contributed by atoms with Crippen LogP contribution in [0.5, 0.6) is 0 Å². The highest BCUT2D eigenvalue weighted by molar-refractivity contribution is 5.90. The molecule has 0 aliphatic carbocycles. The minimum atomic E-state index is -1.13. The van der Waals surface area contributed by atoms with Gasteiger partial charge in [0.15, 0.2) is 23.3 Å². The molecule has 0 bridgehead atoms. The molecule has 0 aromatic heterocycles. The van der Waals surface area contributed by atoms with Crippen molar-refractivity contribution >= 4 is 11.7 Å². The molecule has 0 spiro atoms. The molecule has 3 rings (SSSR count). The Labute approximate surface area is 171 Å². The van der Waals surface area contributed by atoms with Gasteiger partial charge in [-0.15, -0.1) is 0 Å². The molecule has 2 amide bonds. The average molecular weight is 426 g/mol. The van der Waals surface area contributed by atoms with Crippen LogP contribution >= 0.6 is 0 Å². The van der Waals surface area contributed by atoms with Gasteiger partial charge in [0.05, 0.1) is 13.2 Å². The molecule has 1 atom stereocenters. The van der Waals surface area contributed by atoms with Gasteiger partial charge < -0.3 is 20.1 Å². The lowest BCUT2D eigenvalue weighted by molar-refractivity contribution is 0.0564. The number of benzene rings is 2. The largest absolute Gasteiger partial charge is 0.396 e. The Bertz CT molecular complexity index is 904. The summed E-state index contributed by atoms with van der Waals surface area (Å²) in [7, 11) is 0. The number of halogens is 4. The minimum absolute atomic E-state index is 0.0918. The lowest BCUT2D eigenvalue weighted by Crippen LogP contribution is -2.43. The van der Waals surface area contributed by atoms with Gasteiger partial charge in [-0.1, -0.05) is 6.07 Å². The van der Waals surface area contributed by atoms with Crippen LogP contribution < -0.4 is 5.32 Å². The summed E-state index contributed by atoms with van der Waals surface area (Å²) in [5.74, 6) is -4.84. The van der Waals surface area contributed by atoms with E-state index in [0.29, 0.717) is 31.9 Å². The summed E-state index contributed by atoms with van der Waals surface area (Å²) in [6, 6.07) is 5.04. The Morgan fingerprint density at radius 3 is 2.40 bits per heavy atom. The normalized spacial score (nSPS) is 15.2. The molecule has 30 heavy (non-hydrogen) atoms. The second-order valence-electron chi connectivity index (χ2n) is 7.12. The van der Waals surface area contributed by atoms with Crippen LogP contribution in [0.3, 0.4) is 0 Å². The number of nitrogens with zero attached hydrogens (tertiary/aromatic N) is 1. The van der Waals surface area contributed by atoms with Crippen LogP contribution in [0.25, 0.3) is 0 Å². The van der Waals surface area contributed by atoms with Gasteiger partial charge in [0.25, 0.3) is 0 Å². The molecule has 1 aliphatic rings. The first-order chi connectivity index (χ1) is 14.4. The summed E-state index contributed by atoms with van der Waals surface area (Å²) in [6.45, 7) is 1.13. The average Bonchev–Trinajstić information content (AvgIpc) is 2.75. The van der Waals surface area contributed by atoms with Gasteiger partial charge in [-0.3, -0.25) is 0 Å². The van der Waals surface area contributed by atoms with Gasteiger partial charge in [-0.25, -0.2) is 22.4 Å². The molecule has 9 heteroatoms. The Kier molecular flexibility index (Phi) is 7.28.